The summed E-state index contributed by atoms with van der Waals surface area (Å²) in [6, 6.07) is 0. The van der Waals surface area contributed by atoms with Gasteiger partial charge in [0.25, 0.3) is 0 Å². The van der Waals surface area contributed by atoms with Gasteiger partial charge in [-0.25, -0.2) is 0 Å². The standard InChI is InChI=1S/C23H34O5/c1-13(24)17-5-6-18-16-11-20(26)23(27)12-15(28-14(2)25)7-10-22(23,4)19(16)8-9-21(17,18)3/h15-19,27H,5-12H2,1-4H3. The van der Waals surface area contributed by atoms with E-state index < -0.39 is 11.0 Å². The SMILES string of the molecule is CC(=O)OC1CCC2(C)C3CCC4(C)C(C(C)=O)CCC4C3CC(=O)C2(O)C1. The van der Waals surface area contributed by atoms with Gasteiger partial charge < -0.3 is 9.84 Å². The number of ether oxygens (including phenoxy) is 1. The van der Waals surface area contributed by atoms with Gasteiger partial charge in [0.05, 0.1) is 0 Å². The molecule has 4 aliphatic rings. The van der Waals surface area contributed by atoms with E-state index in [4.69, 9.17) is 4.74 Å². The summed E-state index contributed by atoms with van der Waals surface area (Å²) in [6.45, 7) is 7.45. The molecule has 4 fully saturated rings. The first-order chi connectivity index (χ1) is 13.0. The summed E-state index contributed by atoms with van der Waals surface area (Å²) in [4.78, 5) is 36.9. The van der Waals surface area contributed by atoms with Crippen LogP contribution in [0.25, 0.3) is 0 Å². The molecular formula is C23H34O5. The van der Waals surface area contributed by atoms with E-state index in [2.05, 4.69) is 13.8 Å². The lowest BCUT2D eigenvalue weighted by molar-refractivity contribution is -0.216. The van der Waals surface area contributed by atoms with Crippen molar-refractivity contribution in [2.45, 2.75) is 90.8 Å². The molecule has 5 nitrogen and oxygen atoms in total. The molecule has 0 aromatic rings. The zero-order chi connectivity index (χ0) is 20.5. The predicted molar refractivity (Wildman–Crippen MR) is 103 cm³/mol. The van der Waals surface area contributed by atoms with Gasteiger partial charge in [0.1, 0.15) is 17.5 Å². The van der Waals surface area contributed by atoms with E-state index >= 15 is 0 Å². The van der Waals surface area contributed by atoms with Crippen LogP contribution in [-0.2, 0) is 19.1 Å². The molecule has 0 aromatic heterocycles. The van der Waals surface area contributed by atoms with Crippen molar-refractivity contribution in [3.63, 3.8) is 0 Å². The van der Waals surface area contributed by atoms with Gasteiger partial charge in [-0.3, -0.25) is 14.4 Å². The maximum absolute atomic E-state index is 13.3. The van der Waals surface area contributed by atoms with Crippen LogP contribution in [0.3, 0.4) is 0 Å². The summed E-state index contributed by atoms with van der Waals surface area (Å²) in [6.07, 6.45) is 5.56. The van der Waals surface area contributed by atoms with Crippen molar-refractivity contribution >= 4 is 17.5 Å². The van der Waals surface area contributed by atoms with Crippen LogP contribution in [0.15, 0.2) is 0 Å². The Labute approximate surface area is 167 Å². The number of carbonyl (C=O) groups is 3. The molecule has 0 saturated heterocycles. The van der Waals surface area contributed by atoms with Gasteiger partial charge in [0.2, 0.25) is 0 Å². The summed E-state index contributed by atoms with van der Waals surface area (Å²) in [5.41, 5.74) is -1.88. The maximum Gasteiger partial charge on any atom is 0.302 e. The number of fused-ring (bicyclic) bond motifs is 5. The van der Waals surface area contributed by atoms with Crippen LogP contribution in [0.1, 0.15) is 79.1 Å². The quantitative estimate of drug-likeness (QED) is 0.730. The van der Waals surface area contributed by atoms with Gasteiger partial charge in [0, 0.05) is 31.1 Å². The van der Waals surface area contributed by atoms with Crippen molar-refractivity contribution in [3.05, 3.63) is 0 Å². The Morgan fingerprint density at radius 1 is 1.04 bits per heavy atom. The average molecular weight is 391 g/mol. The minimum atomic E-state index is -1.40. The van der Waals surface area contributed by atoms with Crippen LogP contribution in [0.2, 0.25) is 0 Å². The molecule has 8 atom stereocenters. The van der Waals surface area contributed by atoms with Crippen LogP contribution in [0.4, 0.5) is 0 Å². The minimum absolute atomic E-state index is 0.00591. The molecule has 4 saturated carbocycles. The zero-order valence-electron chi connectivity index (χ0n) is 17.6. The van der Waals surface area contributed by atoms with Crippen molar-refractivity contribution < 1.29 is 24.2 Å². The number of ketones is 2. The maximum atomic E-state index is 13.3. The Hall–Kier alpha value is -1.23. The topological polar surface area (TPSA) is 80.7 Å². The van der Waals surface area contributed by atoms with Gasteiger partial charge in [-0.05, 0) is 68.6 Å². The highest BCUT2D eigenvalue weighted by molar-refractivity contribution is 5.90. The first-order valence-corrected chi connectivity index (χ1v) is 11.0. The Balaban J connectivity index is 1.64. The highest BCUT2D eigenvalue weighted by Gasteiger charge is 2.68. The van der Waals surface area contributed by atoms with Crippen LogP contribution in [0.5, 0.6) is 0 Å². The number of aliphatic hydroxyl groups is 1. The second-order valence-electron chi connectivity index (χ2n) is 10.5. The Kier molecular flexibility index (Phi) is 4.57. The van der Waals surface area contributed by atoms with Gasteiger partial charge in [-0.1, -0.05) is 13.8 Å². The third-order valence-corrected chi connectivity index (χ3v) is 9.41. The smallest absolute Gasteiger partial charge is 0.302 e. The van der Waals surface area contributed by atoms with E-state index in [1.807, 2.05) is 0 Å². The molecule has 0 spiro atoms. The summed E-state index contributed by atoms with van der Waals surface area (Å²) < 4.78 is 5.37. The van der Waals surface area contributed by atoms with E-state index in [0.29, 0.717) is 25.2 Å². The van der Waals surface area contributed by atoms with Crippen LogP contribution < -0.4 is 0 Å². The lowest BCUT2D eigenvalue weighted by atomic mass is 9.43. The fourth-order valence-corrected chi connectivity index (χ4v) is 8.01. The fourth-order valence-electron chi connectivity index (χ4n) is 8.01. The normalized spacial score (nSPS) is 50.3. The fraction of sp³-hybridized carbons (Fsp3) is 0.870. The monoisotopic (exact) mass is 390 g/mol. The molecule has 1 N–H and O–H groups in total. The average Bonchev–Trinajstić information content (AvgIpc) is 2.95. The first-order valence-electron chi connectivity index (χ1n) is 11.0. The lowest BCUT2D eigenvalue weighted by Gasteiger charge is -2.62. The molecule has 0 aliphatic heterocycles. The highest BCUT2D eigenvalue weighted by atomic mass is 16.5. The van der Waals surface area contributed by atoms with E-state index in [0.717, 1.165) is 25.7 Å². The molecule has 0 heterocycles. The van der Waals surface area contributed by atoms with Gasteiger partial charge >= 0.3 is 5.97 Å². The highest BCUT2D eigenvalue weighted by Crippen LogP contribution is 2.67. The molecule has 4 aliphatic carbocycles. The number of Topliss-reactive ketones (excluding diaryl/α,β-unsaturated/α-hetero) is 2. The minimum Gasteiger partial charge on any atom is -0.462 e. The van der Waals surface area contributed by atoms with E-state index in [1.165, 1.54) is 6.92 Å². The number of carbonyl (C=O) groups excluding carboxylic acids is 3. The molecule has 156 valence electrons. The Bertz CT molecular complexity index is 716. The van der Waals surface area contributed by atoms with Gasteiger partial charge in [0.15, 0.2) is 5.78 Å². The molecule has 0 amide bonds. The third kappa shape index (κ3) is 2.57. The second kappa shape index (κ2) is 6.38. The van der Waals surface area contributed by atoms with Crippen LogP contribution in [0, 0.1) is 34.5 Å². The van der Waals surface area contributed by atoms with Crippen molar-refractivity contribution in [3.8, 4) is 0 Å². The molecule has 5 heteroatoms. The van der Waals surface area contributed by atoms with E-state index in [1.54, 1.807) is 6.92 Å². The number of esters is 1. The van der Waals surface area contributed by atoms with Crippen LogP contribution in [-0.4, -0.2) is 34.3 Å². The van der Waals surface area contributed by atoms with Gasteiger partial charge in [-0.2, -0.15) is 0 Å². The second-order valence-corrected chi connectivity index (χ2v) is 10.5. The number of rotatable bonds is 2. The predicted octanol–water partition coefficient (Wildman–Crippen LogP) is 3.46. The number of hydrogen-bond donors (Lipinski definition) is 1. The molecule has 8 unspecified atom stereocenters. The largest absolute Gasteiger partial charge is 0.462 e. The molecule has 0 radical (unpaired) electrons. The van der Waals surface area contributed by atoms with Crippen molar-refractivity contribution in [2.75, 3.05) is 0 Å². The molecule has 4 rings (SSSR count). The van der Waals surface area contributed by atoms with Crippen molar-refractivity contribution in [1.29, 1.82) is 0 Å². The summed E-state index contributed by atoms with van der Waals surface area (Å²) in [5, 5.41) is 11.6. The summed E-state index contributed by atoms with van der Waals surface area (Å²) >= 11 is 0. The Morgan fingerprint density at radius 2 is 1.75 bits per heavy atom. The molecule has 0 aromatic carbocycles. The lowest BCUT2D eigenvalue weighted by Crippen LogP contribution is -2.67. The van der Waals surface area contributed by atoms with E-state index in [9.17, 15) is 19.5 Å². The third-order valence-electron chi connectivity index (χ3n) is 9.41. The summed E-state index contributed by atoms with van der Waals surface area (Å²) in [7, 11) is 0. The molecule has 28 heavy (non-hydrogen) atoms. The molecule has 0 bridgehead atoms. The van der Waals surface area contributed by atoms with Crippen LogP contribution >= 0.6 is 0 Å². The van der Waals surface area contributed by atoms with Gasteiger partial charge in [-0.15, -0.1) is 0 Å². The zero-order valence-corrected chi connectivity index (χ0v) is 17.6. The number of hydrogen-bond acceptors (Lipinski definition) is 5. The van der Waals surface area contributed by atoms with E-state index in [-0.39, 0.29) is 53.2 Å². The summed E-state index contributed by atoms with van der Waals surface area (Å²) in [5.74, 6) is 0.897. The molecular weight excluding hydrogens is 356 g/mol. The Morgan fingerprint density at radius 3 is 2.39 bits per heavy atom. The first kappa shape index (κ1) is 20.1. The van der Waals surface area contributed by atoms with Crippen molar-refractivity contribution in [1.82, 2.24) is 0 Å². The van der Waals surface area contributed by atoms with Crippen molar-refractivity contribution in [2.24, 2.45) is 34.5 Å².